The summed E-state index contributed by atoms with van der Waals surface area (Å²) in [6, 6.07) is 10.6. The highest BCUT2D eigenvalue weighted by atomic mass is 32.2. The molecule has 0 radical (unpaired) electrons. The monoisotopic (exact) mass is 497 g/mol. The summed E-state index contributed by atoms with van der Waals surface area (Å²) in [7, 11) is 4.93. The van der Waals surface area contributed by atoms with Gasteiger partial charge in [-0.3, -0.25) is 4.79 Å². The lowest BCUT2D eigenvalue weighted by molar-refractivity contribution is -0.119. The topological polar surface area (TPSA) is 122 Å². The number of benzene rings is 2. The Kier molecular flexibility index (Phi) is 7.20. The summed E-state index contributed by atoms with van der Waals surface area (Å²) in [6.07, 6.45) is 3.41. The van der Waals surface area contributed by atoms with E-state index >= 15 is 0 Å². The van der Waals surface area contributed by atoms with Crippen molar-refractivity contribution in [2.45, 2.75) is 11.2 Å². The maximum Gasteiger partial charge on any atom is 0.231 e. The normalized spacial score (nSPS) is 11.8. The lowest BCUT2D eigenvalue weighted by Crippen LogP contribution is -2.32. The Labute approximate surface area is 205 Å². The minimum Gasteiger partial charge on any atom is -0.497 e. The van der Waals surface area contributed by atoms with E-state index in [0.717, 1.165) is 11.8 Å². The number of ether oxygens (including phenoxy) is 2. The Bertz CT molecular complexity index is 1320. The van der Waals surface area contributed by atoms with Crippen LogP contribution in [0.4, 0.5) is 4.39 Å². The van der Waals surface area contributed by atoms with E-state index in [0.29, 0.717) is 39.4 Å². The number of hydrogen-bond donors (Lipinski definition) is 2. The van der Waals surface area contributed by atoms with Gasteiger partial charge in [0.25, 0.3) is 0 Å². The Morgan fingerprint density at radius 3 is 2.60 bits per heavy atom. The highest BCUT2D eigenvalue weighted by Gasteiger charge is 2.22. The van der Waals surface area contributed by atoms with E-state index < -0.39 is 6.04 Å². The van der Waals surface area contributed by atoms with E-state index in [1.165, 1.54) is 23.9 Å². The molecule has 0 aliphatic carbocycles. The van der Waals surface area contributed by atoms with E-state index in [1.807, 2.05) is 7.05 Å². The Hall–Kier alpha value is -4.06. The summed E-state index contributed by atoms with van der Waals surface area (Å²) in [6.45, 7) is 0. The number of rotatable bonds is 9. The van der Waals surface area contributed by atoms with Crippen LogP contribution in [0, 0.1) is 5.82 Å². The van der Waals surface area contributed by atoms with Crippen LogP contribution in [0.5, 0.6) is 11.5 Å². The number of carbonyl (C=O) groups is 1. The van der Waals surface area contributed by atoms with E-state index in [-0.39, 0.29) is 17.5 Å². The first-order chi connectivity index (χ1) is 16.9. The Morgan fingerprint density at radius 2 is 1.94 bits per heavy atom. The van der Waals surface area contributed by atoms with Crippen LogP contribution in [0.1, 0.15) is 17.4 Å². The molecule has 0 spiro atoms. The molecule has 3 N–H and O–H groups in total. The van der Waals surface area contributed by atoms with Crippen molar-refractivity contribution in [3.8, 4) is 22.9 Å². The first-order valence-corrected chi connectivity index (χ1v) is 11.5. The average Bonchev–Trinajstić information content (AvgIpc) is 3.46. The molecule has 1 atom stereocenters. The SMILES string of the molecule is COc1ccc(-c2nnc(SCC(=O)NC(c3ccc(F)cc3)c3nccn3C)n2N)c(OC)c1. The third-order valence-corrected chi connectivity index (χ3v) is 6.21. The van der Waals surface area contributed by atoms with Gasteiger partial charge in [-0.2, -0.15) is 0 Å². The minimum absolute atomic E-state index is 0.0250. The summed E-state index contributed by atoms with van der Waals surface area (Å²) in [5.41, 5.74) is 1.33. The maximum absolute atomic E-state index is 13.4. The van der Waals surface area contributed by atoms with E-state index in [9.17, 15) is 9.18 Å². The number of aromatic nitrogens is 5. The van der Waals surface area contributed by atoms with Crippen LogP contribution in [0.25, 0.3) is 11.4 Å². The molecule has 35 heavy (non-hydrogen) atoms. The predicted molar refractivity (Wildman–Crippen MR) is 129 cm³/mol. The minimum atomic E-state index is -0.557. The summed E-state index contributed by atoms with van der Waals surface area (Å²) in [5, 5.41) is 11.6. The second-order valence-corrected chi connectivity index (χ2v) is 8.42. The summed E-state index contributed by atoms with van der Waals surface area (Å²) >= 11 is 1.13. The van der Waals surface area contributed by atoms with Crippen molar-refractivity contribution in [3.05, 3.63) is 72.1 Å². The molecule has 1 unspecified atom stereocenters. The van der Waals surface area contributed by atoms with Gasteiger partial charge in [-0.25, -0.2) is 14.1 Å². The van der Waals surface area contributed by atoms with Crippen molar-refractivity contribution < 1.29 is 18.7 Å². The molecule has 0 bridgehead atoms. The number of imidazole rings is 1. The van der Waals surface area contributed by atoms with Crippen LogP contribution in [0.2, 0.25) is 0 Å². The summed E-state index contributed by atoms with van der Waals surface area (Å²) in [4.78, 5) is 17.2. The van der Waals surface area contributed by atoms with Crippen LogP contribution in [-0.2, 0) is 11.8 Å². The zero-order chi connectivity index (χ0) is 24.9. The number of carbonyl (C=O) groups excluding carboxylic acids is 1. The molecule has 2 aromatic heterocycles. The molecule has 10 nitrogen and oxygen atoms in total. The molecule has 0 aliphatic heterocycles. The largest absolute Gasteiger partial charge is 0.497 e. The Morgan fingerprint density at radius 1 is 1.17 bits per heavy atom. The summed E-state index contributed by atoms with van der Waals surface area (Å²) < 4.78 is 27.2. The van der Waals surface area contributed by atoms with Crippen LogP contribution in [-0.4, -0.2) is 50.3 Å². The quantitative estimate of drug-likeness (QED) is 0.267. The number of halogens is 1. The zero-order valence-electron chi connectivity index (χ0n) is 19.3. The number of methoxy groups -OCH3 is 2. The predicted octanol–water partition coefficient (Wildman–Crippen LogP) is 2.55. The third kappa shape index (κ3) is 5.22. The molecule has 2 heterocycles. The third-order valence-electron chi connectivity index (χ3n) is 5.27. The van der Waals surface area contributed by atoms with E-state index in [2.05, 4.69) is 20.5 Å². The van der Waals surface area contributed by atoms with Gasteiger partial charge in [0, 0.05) is 25.5 Å². The second kappa shape index (κ2) is 10.5. The molecular formula is C23H24FN7O3S. The fourth-order valence-corrected chi connectivity index (χ4v) is 4.15. The van der Waals surface area contributed by atoms with Gasteiger partial charge in [-0.05, 0) is 29.8 Å². The molecular weight excluding hydrogens is 473 g/mol. The van der Waals surface area contributed by atoms with Crippen LogP contribution in [0.15, 0.2) is 60.0 Å². The first kappa shape index (κ1) is 24.1. The van der Waals surface area contributed by atoms with Gasteiger partial charge >= 0.3 is 0 Å². The van der Waals surface area contributed by atoms with Crippen LogP contribution < -0.4 is 20.6 Å². The molecule has 12 heteroatoms. The standard InChI is InChI=1S/C23H24FN7O3S/c1-30-11-10-26-22(30)20(14-4-6-15(24)7-5-14)27-19(32)13-35-23-29-28-21(31(23)25)17-9-8-16(33-2)12-18(17)34-3/h4-12,20H,13,25H2,1-3H3,(H,27,32). The Balaban J connectivity index is 1.49. The summed E-state index contributed by atoms with van der Waals surface area (Å²) in [5.74, 6) is 7.76. The van der Waals surface area contributed by atoms with Gasteiger partial charge in [-0.15, -0.1) is 10.2 Å². The zero-order valence-corrected chi connectivity index (χ0v) is 20.1. The van der Waals surface area contributed by atoms with Gasteiger partial charge in [0.2, 0.25) is 11.1 Å². The lowest BCUT2D eigenvalue weighted by atomic mass is 10.1. The molecule has 1 amide bonds. The number of hydrogen-bond acceptors (Lipinski definition) is 8. The number of thioether (sulfide) groups is 1. The molecule has 182 valence electrons. The van der Waals surface area contributed by atoms with Crippen molar-refractivity contribution >= 4 is 17.7 Å². The second-order valence-electron chi connectivity index (χ2n) is 7.48. The highest BCUT2D eigenvalue weighted by molar-refractivity contribution is 7.99. The van der Waals surface area contributed by atoms with Gasteiger partial charge in [-0.1, -0.05) is 23.9 Å². The van der Waals surface area contributed by atoms with Crippen LogP contribution in [0.3, 0.4) is 0 Å². The number of nitrogen functional groups attached to an aromatic ring is 1. The molecule has 0 saturated heterocycles. The van der Waals surface area contributed by atoms with Crippen molar-refractivity contribution in [2.24, 2.45) is 7.05 Å². The van der Waals surface area contributed by atoms with Gasteiger partial charge < -0.3 is 25.2 Å². The molecule has 0 saturated carbocycles. The number of aryl methyl sites for hydroxylation is 1. The van der Waals surface area contributed by atoms with Crippen molar-refractivity contribution in [1.82, 2.24) is 29.7 Å². The van der Waals surface area contributed by atoms with Crippen molar-refractivity contribution in [3.63, 3.8) is 0 Å². The highest BCUT2D eigenvalue weighted by Crippen LogP contribution is 2.33. The fraction of sp³-hybridized carbons (Fsp3) is 0.217. The molecule has 0 fully saturated rings. The number of nitrogens with two attached hydrogens (primary N) is 1. The number of amides is 1. The van der Waals surface area contributed by atoms with Gasteiger partial charge in [0.05, 0.1) is 25.5 Å². The van der Waals surface area contributed by atoms with E-state index in [4.69, 9.17) is 15.3 Å². The molecule has 4 aromatic rings. The molecule has 2 aromatic carbocycles. The van der Waals surface area contributed by atoms with Crippen molar-refractivity contribution in [2.75, 3.05) is 25.8 Å². The van der Waals surface area contributed by atoms with Crippen molar-refractivity contribution in [1.29, 1.82) is 0 Å². The smallest absolute Gasteiger partial charge is 0.231 e. The average molecular weight is 498 g/mol. The number of nitrogens with zero attached hydrogens (tertiary/aromatic N) is 5. The maximum atomic E-state index is 13.4. The van der Waals surface area contributed by atoms with Crippen LogP contribution >= 0.6 is 11.8 Å². The fourth-order valence-electron chi connectivity index (χ4n) is 3.48. The molecule has 0 aliphatic rings. The van der Waals surface area contributed by atoms with E-state index in [1.54, 1.807) is 54.4 Å². The lowest BCUT2D eigenvalue weighted by Gasteiger charge is -2.19. The first-order valence-electron chi connectivity index (χ1n) is 10.5. The number of nitrogens with one attached hydrogen (secondary N) is 1. The van der Waals surface area contributed by atoms with Gasteiger partial charge in [0.15, 0.2) is 5.82 Å². The van der Waals surface area contributed by atoms with Gasteiger partial charge in [0.1, 0.15) is 29.2 Å². The molecule has 4 rings (SSSR count).